The van der Waals surface area contributed by atoms with E-state index in [0.29, 0.717) is 22.3 Å². The lowest BCUT2D eigenvalue weighted by atomic mass is 9.59. The molecule has 0 radical (unpaired) electrons. The maximum Gasteiger partial charge on any atom is 0.416 e. The highest BCUT2D eigenvalue weighted by molar-refractivity contribution is 6.39. The van der Waals surface area contributed by atoms with Crippen LogP contribution < -0.4 is 4.90 Å². The molecular weight excluding hydrogens is 599 g/mol. The van der Waals surface area contributed by atoms with Gasteiger partial charge in [-0.05, 0) is 51.6 Å². The van der Waals surface area contributed by atoms with Crippen LogP contribution in [0.3, 0.4) is 0 Å². The lowest BCUT2D eigenvalue weighted by Crippen LogP contribution is -2.45. The highest BCUT2D eigenvalue weighted by Crippen LogP contribution is 2.74. The lowest BCUT2D eigenvalue weighted by molar-refractivity contribution is -0.137. The summed E-state index contributed by atoms with van der Waals surface area (Å²) in [5.41, 5.74) is -0.621. The number of benzene rings is 5. The van der Waals surface area contributed by atoms with Gasteiger partial charge >= 0.3 is 6.18 Å². The number of carbonyl (C=O) groups is 3. The van der Waals surface area contributed by atoms with Gasteiger partial charge in [0.1, 0.15) is 0 Å². The molecule has 2 fully saturated rings. The summed E-state index contributed by atoms with van der Waals surface area (Å²) in [6.07, 6.45) is -4.69. The van der Waals surface area contributed by atoms with Crippen molar-refractivity contribution >= 4 is 34.4 Å². The van der Waals surface area contributed by atoms with Gasteiger partial charge < -0.3 is 0 Å². The van der Waals surface area contributed by atoms with Gasteiger partial charge in [-0.15, -0.1) is 0 Å². The Bertz CT molecular complexity index is 1970. The second-order valence-corrected chi connectivity index (χ2v) is 12.2. The Balaban J connectivity index is 1.52. The number of halogens is 3. The molecule has 1 heterocycles. The van der Waals surface area contributed by atoms with Crippen LogP contribution in [0.5, 0.6) is 0 Å². The minimum Gasteiger partial charge on any atom is -0.297 e. The number of Topliss-reactive ketones (excluding diaryl/α,β-unsaturated/α-hetero) is 1. The van der Waals surface area contributed by atoms with E-state index in [0.717, 1.165) is 28.2 Å². The molecular formula is C40H26F3NO3. The largest absolute Gasteiger partial charge is 0.416 e. The van der Waals surface area contributed by atoms with Crippen molar-refractivity contribution in [3.63, 3.8) is 0 Å². The second-order valence-electron chi connectivity index (χ2n) is 12.2. The number of alkyl halides is 3. The number of anilines is 1. The highest BCUT2D eigenvalue weighted by Gasteiger charge is 2.82. The van der Waals surface area contributed by atoms with Crippen molar-refractivity contribution in [1.29, 1.82) is 0 Å². The first kappa shape index (κ1) is 28.9. The zero-order chi connectivity index (χ0) is 32.6. The van der Waals surface area contributed by atoms with Gasteiger partial charge in [0.05, 0.1) is 33.9 Å². The van der Waals surface area contributed by atoms with E-state index in [1.807, 2.05) is 72.8 Å². The summed E-state index contributed by atoms with van der Waals surface area (Å²) < 4.78 is 41.6. The maximum absolute atomic E-state index is 15.8. The monoisotopic (exact) mass is 625 g/mol. The van der Waals surface area contributed by atoms with Crippen LogP contribution in [0.4, 0.5) is 18.9 Å². The molecule has 7 heteroatoms. The van der Waals surface area contributed by atoms with Crippen LogP contribution in [0.15, 0.2) is 146 Å². The summed E-state index contributed by atoms with van der Waals surface area (Å²) in [4.78, 5) is 46.5. The predicted molar refractivity (Wildman–Crippen MR) is 172 cm³/mol. The molecule has 230 valence electrons. The number of hydrogen-bond donors (Lipinski definition) is 0. The Morgan fingerprint density at radius 3 is 1.32 bits per heavy atom. The smallest absolute Gasteiger partial charge is 0.297 e. The maximum atomic E-state index is 15.8. The number of imide groups is 1. The first-order valence-corrected chi connectivity index (χ1v) is 15.3. The Hall–Kier alpha value is -5.56. The average molecular weight is 626 g/mol. The van der Waals surface area contributed by atoms with Crippen LogP contribution in [0, 0.1) is 11.8 Å². The molecule has 1 aliphatic heterocycles. The van der Waals surface area contributed by atoms with Crippen LogP contribution in [0.1, 0.15) is 27.8 Å². The molecule has 5 aromatic rings. The average Bonchev–Trinajstić information content (AvgIpc) is 3.61. The molecule has 0 unspecified atom stereocenters. The topological polar surface area (TPSA) is 54.5 Å². The molecule has 0 N–H and O–H groups in total. The predicted octanol–water partition coefficient (Wildman–Crippen LogP) is 7.89. The van der Waals surface area contributed by atoms with Gasteiger partial charge in [-0.2, -0.15) is 13.2 Å². The van der Waals surface area contributed by atoms with Crippen molar-refractivity contribution in [2.45, 2.75) is 17.0 Å². The Labute approximate surface area is 268 Å². The SMILES string of the molecule is O=C1[C@H]2[C@H](C(=O)N1c1cccc(C(F)(F)F)c1)[C@@]1(c3ccccc3)C(=O)[C@@]2(c2ccccc2)C(c2ccccc2)=C1c1ccccc1. The molecule has 3 aliphatic rings. The van der Waals surface area contributed by atoms with Gasteiger partial charge in [0, 0.05) is 0 Å². The molecule has 8 rings (SSSR count). The first-order valence-electron chi connectivity index (χ1n) is 15.3. The molecule has 4 nitrogen and oxygen atoms in total. The fourth-order valence-corrected chi connectivity index (χ4v) is 8.41. The minimum atomic E-state index is -4.69. The number of carbonyl (C=O) groups excluding carboxylic acids is 3. The Morgan fingerprint density at radius 2 is 0.915 bits per heavy atom. The number of ketones is 1. The fraction of sp³-hybridized carbons (Fsp3) is 0.125. The number of rotatable bonds is 5. The molecule has 0 aromatic heterocycles. The van der Waals surface area contributed by atoms with Crippen molar-refractivity contribution in [1.82, 2.24) is 0 Å². The van der Waals surface area contributed by atoms with Crippen molar-refractivity contribution < 1.29 is 27.6 Å². The van der Waals surface area contributed by atoms with Crippen molar-refractivity contribution in [3.05, 3.63) is 173 Å². The number of fused-ring (bicyclic) bond motifs is 5. The summed E-state index contributed by atoms with van der Waals surface area (Å²) in [7, 11) is 0. The minimum absolute atomic E-state index is 0.176. The number of nitrogens with zero attached hydrogens (tertiary/aromatic N) is 1. The van der Waals surface area contributed by atoms with E-state index in [4.69, 9.17) is 0 Å². The molecule has 2 amide bonds. The molecule has 4 atom stereocenters. The molecule has 1 saturated heterocycles. The number of amides is 2. The zero-order valence-corrected chi connectivity index (χ0v) is 24.8. The molecule has 0 spiro atoms. The fourth-order valence-electron chi connectivity index (χ4n) is 8.41. The van der Waals surface area contributed by atoms with Gasteiger partial charge in [0.25, 0.3) is 0 Å². The van der Waals surface area contributed by atoms with Gasteiger partial charge in [-0.1, -0.05) is 127 Å². The summed E-state index contributed by atoms with van der Waals surface area (Å²) in [6.45, 7) is 0. The number of allylic oxidation sites excluding steroid dienone is 2. The third-order valence-corrected chi connectivity index (χ3v) is 10.0. The second kappa shape index (κ2) is 10.2. The Kier molecular flexibility index (Phi) is 6.28. The van der Waals surface area contributed by atoms with Crippen LogP contribution in [0.25, 0.3) is 11.1 Å². The van der Waals surface area contributed by atoms with Gasteiger partial charge in [-0.3, -0.25) is 14.4 Å². The van der Waals surface area contributed by atoms with E-state index in [1.54, 1.807) is 48.5 Å². The standard InChI is InChI=1S/C40H26F3NO3/c41-40(42,43)29-22-13-23-30(24-29)44-35(45)33-34(36(44)46)39(28-20-11-4-12-21-28)32(26-16-7-2-8-17-26)31(25-14-5-1-6-15-25)38(33,37(39)47)27-18-9-3-10-19-27/h1-24,33-34H/t33-,34-,38+,39+/m1/s1. The summed E-state index contributed by atoms with van der Waals surface area (Å²) in [6, 6.07) is 41.1. The lowest BCUT2D eigenvalue weighted by Gasteiger charge is -2.39. The van der Waals surface area contributed by atoms with E-state index in [1.165, 1.54) is 12.1 Å². The number of hydrogen-bond acceptors (Lipinski definition) is 3. The highest BCUT2D eigenvalue weighted by atomic mass is 19.4. The molecule has 2 bridgehead atoms. The summed E-state index contributed by atoms with van der Waals surface area (Å²) >= 11 is 0. The van der Waals surface area contributed by atoms with E-state index in [9.17, 15) is 22.8 Å². The van der Waals surface area contributed by atoms with Crippen molar-refractivity contribution in [2.75, 3.05) is 4.90 Å². The van der Waals surface area contributed by atoms with E-state index in [2.05, 4.69) is 0 Å². The molecule has 5 aromatic carbocycles. The van der Waals surface area contributed by atoms with E-state index >= 15 is 4.79 Å². The third kappa shape index (κ3) is 3.74. The summed E-state index contributed by atoms with van der Waals surface area (Å²) in [5.74, 6) is -4.13. The molecule has 2 aliphatic carbocycles. The third-order valence-electron chi connectivity index (χ3n) is 10.0. The van der Waals surface area contributed by atoms with E-state index < -0.39 is 46.2 Å². The molecule has 1 saturated carbocycles. The van der Waals surface area contributed by atoms with Gasteiger partial charge in [0.2, 0.25) is 11.8 Å². The molecule has 47 heavy (non-hydrogen) atoms. The quantitative estimate of drug-likeness (QED) is 0.187. The normalized spacial score (nSPS) is 25.1. The van der Waals surface area contributed by atoms with Gasteiger partial charge in [0.15, 0.2) is 5.78 Å². The van der Waals surface area contributed by atoms with Crippen LogP contribution >= 0.6 is 0 Å². The van der Waals surface area contributed by atoms with Crippen molar-refractivity contribution in [3.8, 4) is 0 Å². The van der Waals surface area contributed by atoms with Crippen LogP contribution in [-0.4, -0.2) is 17.6 Å². The summed E-state index contributed by atoms with van der Waals surface area (Å²) in [5, 5.41) is 0. The van der Waals surface area contributed by atoms with Crippen molar-refractivity contribution in [2.24, 2.45) is 11.8 Å². The van der Waals surface area contributed by atoms with E-state index in [-0.39, 0.29) is 11.5 Å². The zero-order valence-electron chi connectivity index (χ0n) is 24.8. The van der Waals surface area contributed by atoms with Crippen LogP contribution in [0.2, 0.25) is 0 Å². The van der Waals surface area contributed by atoms with Crippen LogP contribution in [-0.2, 0) is 31.4 Å². The first-order chi connectivity index (χ1) is 22.7. The Morgan fingerprint density at radius 1 is 0.511 bits per heavy atom. The van der Waals surface area contributed by atoms with Gasteiger partial charge in [-0.25, -0.2) is 4.90 Å².